The first kappa shape index (κ1) is 12.8. The van der Waals surface area contributed by atoms with E-state index in [0.29, 0.717) is 17.0 Å². The van der Waals surface area contributed by atoms with Gasteiger partial charge in [0.05, 0.1) is 5.75 Å². The molecule has 1 saturated heterocycles. The first-order valence-electron chi connectivity index (χ1n) is 7.43. The highest BCUT2D eigenvalue weighted by Gasteiger charge is 2.39. The number of piperidine rings is 1. The largest absolute Gasteiger partial charge is 0.352 e. The number of carbonyl (C=O) groups is 1. The van der Waals surface area contributed by atoms with E-state index in [1.807, 2.05) is 11.8 Å². The molecule has 1 aliphatic heterocycles. The second-order valence-electron chi connectivity index (χ2n) is 6.11. The van der Waals surface area contributed by atoms with Crippen molar-refractivity contribution in [3.8, 4) is 0 Å². The van der Waals surface area contributed by atoms with E-state index in [1.165, 1.54) is 38.5 Å². The monoisotopic (exact) mass is 268 g/mol. The minimum absolute atomic E-state index is 0.274. The van der Waals surface area contributed by atoms with E-state index in [1.54, 1.807) is 0 Å². The highest BCUT2D eigenvalue weighted by molar-refractivity contribution is 8.00. The van der Waals surface area contributed by atoms with Crippen LogP contribution in [0.15, 0.2) is 0 Å². The van der Waals surface area contributed by atoms with Crippen LogP contribution in [0.2, 0.25) is 0 Å². The molecule has 18 heavy (non-hydrogen) atoms. The van der Waals surface area contributed by atoms with Crippen molar-refractivity contribution in [3.63, 3.8) is 0 Å². The second-order valence-corrected chi connectivity index (χ2v) is 7.40. The topological polar surface area (TPSA) is 41.1 Å². The third-order valence-electron chi connectivity index (χ3n) is 4.82. The van der Waals surface area contributed by atoms with Gasteiger partial charge in [0.1, 0.15) is 0 Å². The Morgan fingerprint density at radius 2 is 2.00 bits per heavy atom. The van der Waals surface area contributed by atoms with Gasteiger partial charge >= 0.3 is 0 Å². The van der Waals surface area contributed by atoms with E-state index >= 15 is 0 Å². The summed E-state index contributed by atoms with van der Waals surface area (Å²) in [5.74, 6) is 2.65. The summed E-state index contributed by atoms with van der Waals surface area (Å²) in [6.45, 7) is 2.23. The Bertz CT molecular complexity index is 304. The molecule has 3 fully saturated rings. The van der Waals surface area contributed by atoms with Gasteiger partial charge in [0.15, 0.2) is 0 Å². The van der Waals surface area contributed by atoms with Crippen molar-refractivity contribution < 1.29 is 4.79 Å². The fourth-order valence-corrected chi connectivity index (χ4v) is 4.87. The Balaban J connectivity index is 1.36. The van der Waals surface area contributed by atoms with Crippen LogP contribution in [0.25, 0.3) is 0 Å². The molecule has 3 atom stereocenters. The molecule has 0 spiro atoms. The zero-order valence-electron chi connectivity index (χ0n) is 11.0. The number of fused-ring (bicyclic) bond motifs is 2. The molecule has 0 aromatic carbocycles. The summed E-state index contributed by atoms with van der Waals surface area (Å²) in [6, 6.07) is 0.505. The zero-order chi connectivity index (χ0) is 12.4. The molecule has 102 valence electrons. The lowest BCUT2D eigenvalue weighted by atomic mass is 9.95. The minimum atomic E-state index is 0.274. The quantitative estimate of drug-likeness (QED) is 0.816. The number of amides is 1. The van der Waals surface area contributed by atoms with Crippen LogP contribution in [0.5, 0.6) is 0 Å². The average Bonchev–Trinajstić information content (AvgIpc) is 3.00. The van der Waals surface area contributed by atoms with Crippen LogP contribution in [0.4, 0.5) is 0 Å². The molecule has 1 amide bonds. The lowest BCUT2D eigenvalue weighted by molar-refractivity contribution is -0.119. The van der Waals surface area contributed by atoms with Gasteiger partial charge in [0.25, 0.3) is 0 Å². The van der Waals surface area contributed by atoms with Crippen LogP contribution in [0.1, 0.15) is 38.5 Å². The minimum Gasteiger partial charge on any atom is -0.352 e. The van der Waals surface area contributed by atoms with Crippen molar-refractivity contribution in [2.45, 2.75) is 49.8 Å². The second kappa shape index (κ2) is 5.83. The number of hydrogen-bond acceptors (Lipinski definition) is 3. The molecule has 3 unspecified atom stereocenters. The standard InChI is InChI=1S/C14H24N2OS/c17-14(9-18-12-3-5-15-6-4-12)16-13-8-10-1-2-11(13)7-10/h10-13,15H,1-9H2,(H,16,17). The van der Waals surface area contributed by atoms with Crippen molar-refractivity contribution >= 4 is 17.7 Å². The predicted octanol–water partition coefficient (Wildman–Crippen LogP) is 1.78. The Morgan fingerprint density at radius 1 is 1.17 bits per heavy atom. The molecule has 3 rings (SSSR count). The number of thioether (sulfide) groups is 1. The van der Waals surface area contributed by atoms with E-state index in [-0.39, 0.29) is 5.91 Å². The van der Waals surface area contributed by atoms with Gasteiger partial charge in [-0.1, -0.05) is 6.42 Å². The van der Waals surface area contributed by atoms with E-state index < -0.39 is 0 Å². The lowest BCUT2D eigenvalue weighted by Gasteiger charge is -2.24. The first-order chi connectivity index (χ1) is 8.81. The van der Waals surface area contributed by atoms with Gasteiger partial charge < -0.3 is 10.6 Å². The summed E-state index contributed by atoms with van der Waals surface area (Å²) in [5.41, 5.74) is 0. The van der Waals surface area contributed by atoms with Gasteiger partial charge in [0.2, 0.25) is 5.91 Å². The summed E-state index contributed by atoms with van der Waals surface area (Å²) in [7, 11) is 0. The maximum Gasteiger partial charge on any atom is 0.230 e. The molecular formula is C14H24N2OS. The molecule has 2 bridgehead atoms. The maximum atomic E-state index is 12.0. The van der Waals surface area contributed by atoms with E-state index in [0.717, 1.165) is 24.9 Å². The Labute approximate surface area is 114 Å². The van der Waals surface area contributed by atoms with Crippen molar-refractivity contribution in [1.29, 1.82) is 0 Å². The van der Waals surface area contributed by atoms with Crippen molar-refractivity contribution in [1.82, 2.24) is 10.6 Å². The van der Waals surface area contributed by atoms with E-state index in [9.17, 15) is 4.79 Å². The van der Waals surface area contributed by atoms with Gasteiger partial charge in [-0.05, 0) is 57.0 Å². The Morgan fingerprint density at radius 3 is 2.67 bits per heavy atom. The molecule has 1 heterocycles. The number of carbonyl (C=O) groups excluding carboxylic acids is 1. The molecule has 0 radical (unpaired) electrons. The maximum absolute atomic E-state index is 12.0. The van der Waals surface area contributed by atoms with E-state index in [2.05, 4.69) is 10.6 Å². The Hall–Kier alpha value is -0.220. The normalized spacial score (nSPS) is 35.9. The molecule has 3 aliphatic rings. The molecule has 2 aliphatic carbocycles. The fourth-order valence-electron chi connectivity index (χ4n) is 3.83. The van der Waals surface area contributed by atoms with Crippen LogP contribution >= 0.6 is 11.8 Å². The van der Waals surface area contributed by atoms with Crippen LogP contribution in [-0.4, -0.2) is 36.0 Å². The van der Waals surface area contributed by atoms with Gasteiger partial charge in [-0.15, -0.1) is 11.8 Å². The van der Waals surface area contributed by atoms with Gasteiger partial charge in [-0.2, -0.15) is 0 Å². The first-order valence-corrected chi connectivity index (χ1v) is 8.48. The predicted molar refractivity (Wildman–Crippen MR) is 75.7 cm³/mol. The number of rotatable bonds is 4. The van der Waals surface area contributed by atoms with Crippen molar-refractivity contribution in [3.05, 3.63) is 0 Å². The fraction of sp³-hybridized carbons (Fsp3) is 0.929. The zero-order valence-corrected chi connectivity index (χ0v) is 11.8. The van der Waals surface area contributed by atoms with Crippen molar-refractivity contribution in [2.24, 2.45) is 11.8 Å². The number of nitrogens with one attached hydrogen (secondary N) is 2. The molecule has 2 saturated carbocycles. The third kappa shape index (κ3) is 3.02. The third-order valence-corrected chi connectivity index (χ3v) is 6.19. The van der Waals surface area contributed by atoms with Gasteiger partial charge in [0, 0.05) is 11.3 Å². The summed E-state index contributed by atoms with van der Waals surface area (Å²) >= 11 is 1.86. The van der Waals surface area contributed by atoms with Crippen LogP contribution in [-0.2, 0) is 4.79 Å². The highest BCUT2D eigenvalue weighted by atomic mass is 32.2. The van der Waals surface area contributed by atoms with Gasteiger partial charge in [-0.3, -0.25) is 4.79 Å². The number of hydrogen-bond donors (Lipinski definition) is 2. The van der Waals surface area contributed by atoms with Crippen molar-refractivity contribution in [2.75, 3.05) is 18.8 Å². The molecule has 0 aromatic rings. The summed E-state index contributed by atoms with van der Waals surface area (Å²) in [4.78, 5) is 12.0. The van der Waals surface area contributed by atoms with Crippen LogP contribution < -0.4 is 10.6 Å². The highest BCUT2D eigenvalue weighted by Crippen LogP contribution is 2.44. The summed E-state index contributed by atoms with van der Waals surface area (Å²) in [6.07, 6.45) is 7.79. The average molecular weight is 268 g/mol. The van der Waals surface area contributed by atoms with Gasteiger partial charge in [-0.25, -0.2) is 0 Å². The SMILES string of the molecule is O=C(CSC1CCNCC1)NC1CC2CCC1C2. The molecular weight excluding hydrogens is 244 g/mol. The summed E-state index contributed by atoms with van der Waals surface area (Å²) in [5, 5.41) is 7.33. The van der Waals surface area contributed by atoms with E-state index in [4.69, 9.17) is 0 Å². The molecule has 3 nitrogen and oxygen atoms in total. The van der Waals surface area contributed by atoms with Crippen LogP contribution in [0.3, 0.4) is 0 Å². The molecule has 2 N–H and O–H groups in total. The Kier molecular flexibility index (Phi) is 4.14. The van der Waals surface area contributed by atoms with Crippen LogP contribution in [0, 0.1) is 11.8 Å². The lowest BCUT2D eigenvalue weighted by Crippen LogP contribution is -2.40. The summed E-state index contributed by atoms with van der Waals surface area (Å²) < 4.78 is 0. The molecule has 4 heteroatoms. The molecule has 0 aromatic heterocycles. The smallest absolute Gasteiger partial charge is 0.230 e.